The molecule has 1 amide bonds. The Hall–Kier alpha value is -2.88. The van der Waals surface area contributed by atoms with Gasteiger partial charge in [0.05, 0.1) is 28.3 Å². The fraction of sp³-hybridized carbons (Fsp3) is 0.273. The van der Waals surface area contributed by atoms with Gasteiger partial charge in [-0.3, -0.25) is 4.79 Å². The number of aromatic nitrogens is 1. The molecule has 2 aromatic carbocycles. The molecule has 3 aromatic rings. The molecule has 0 bridgehead atoms. The zero-order chi connectivity index (χ0) is 22.2. The van der Waals surface area contributed by atoms with Crippen molar-refractivity contribution in [2.24, 2.45) is 0 Å². The highest BCUT2D eigenvalue weighted by Gasteiger charge is 2.33. The van der Waals surface area contributed by atoms with Crippen LogP contribution in [0.3, 0.4) is 0 Å². The van der Waals surface area contributed by atoms with Crippen molar-refractivity contribution in [2.45, 2.75) is 17.9 Å². The first kappa shape index (κ1) is 21.4. The van der Waals surface area contributed by atoms with Gasteiger partial charge in [0.25, 0.3) is 5.91 Å². The molecule has 4 rings (SSSR count). The maximum Gasteiger partial charge on any atom is 0.251 e. The van der Waals surface area contributed by atoms with Gasteiger partial charge in [0.1, 0.15) is 11.9 Å². The Balaban J connectivity index is 1.69. The Morgan fingerprint density at radius 1 is 1.23 bits per heavy atom. The number of pyridine rings is 1. The maximum absolute atomic E-state index is 13.6. The number of rotatable bonds is 4. The van der Waals surface area contributed by atoms with Crippen molar-refractivity contribution in [3.05, 3.63) is 71.2 Å². The Bertz CT molecular complexity index is 1260. The smallest absolute Gasteiger partial charge is 0.251 e. The Labute approximate surface area is 179 Å². The molecular weight excluding hydrogens is 421 g/mol. The number of nitrogens with one attached hydrogen (secondary N) is 1. The number of sulfonamides is 1. The number of carbonyl (C=O) groups is 1. The molecule has 0 radical (unpaired) electrons. The van der Waals surface area contributed by atoms with E-state index in [9.17, 15) is 17.6 Å². The number of hydrogen-bond acceptors (Lipinski definition) is 5. The van der Waals surface area contributed by atoms with Gasteiger partial charge in [0, 0.05) is 25.5 Å². The van der Waals surface area contributed by atoms with Crippen LogP contribution in [0.4, 0.5) is 4.39 Å². The highest BCUT2D eigenvalue weighted by molar-refractivity contribution is 7.89. The first-order valence-electron chi connectivity index (χ1n) is 9.81. The van der Waals surface area contributed by atoms with Crippen molar-refractivity contribution >= 4 is 26.8 Å². The lowest BCUT2D eigenvalue weighted by atomic mass is 10.0. The van der Waals surface area contributed by atoms with Crippen LogP contribution in [0.15, 0.2) is 53.4 Å². The number of para-hydroxylation sites is 1. The molecular formula is C22H22FN3O4S. The molecule has 9 heteroatoms. The van der Waals surface area contributed by atoms with Crippen LogP contribution < -0.4 is 5.32 Å². The molecule has 1 unspecified atom stereocenters. The number of amides is 1. The number of benzene rings is 2. The first-order valence-corrected chi connectivity index (χ1v) is 11.2. The molecule has 1 aliphatic rings. The van der Waals surface area contributed by atoms with E-state index in [4.69, 9.17) is 4.74 Å². The minimum Gasteiger partial charge on any atom is -0.369 e. The third-order valence-electron chi connectivity index (χ3n) is 5.33. The zero-order valence-electron chi connectivity index (χ0n) is 17.1. The average Bonchev–Trinajstić information content (AvgIpc) is 2.79. The SMILES string of the molecule is CNC(=O)c1cc(C2CN(S(=O)(=O)c3ccc(F)c(C)c3)CCO2)nc2ccccc12. The van der Waals surface area contributed by atoms with E-state index in [0.717, 1.165) is 6.07 Å². The summed E-state index contributed by atoms with van der Waals surface area (Å²) < 4.78 is 47.0. The second kappa shape index (κ2) is 8.33. The largest absolute Gasteiger partial charge is 0.369 e. The number of ether oxygens (including phenoxy) is 1. The summed E-state index contributed by atoms with van der Waals surface area (Å²) in [5.74, 6) is -0.720. The number of nitrogens with zero attached hydrogens (tertiary/aromatic N) is 2. The molecule has 2 heterocycles. The van der Waals surface area contributed by atoms with Gasteiger partial charge in [0.2, 0.25) is 10.0 Å². The predicted octanol–water partition coefficient (Wildman–Crippen LogP) is 2.80. The van der Waals surface area contributed by atoms with Crippen LogP contribution in [0.5, 0.6) is 0 Å². The van der Waals surface area contributed by atoms with Crippen LogP contribution in [0.2, 0.25) is 0 Å². The monoisotopic (exact) mass is 443 g/mol. The number of carbonyl (C=O) groups excluding carboxylic acids is 1. The van der Waals surface area contributed by atoms with Gasteiger partial charge in [-0.25, -0.2) is 17.8 Å². The molecule has 7 nitrogen and oxygen atoms in total. The second-order valence-electron chi connectivity index (χ2n) is 7.32. The summed E-state index contributed by atoms with van der Waals surface area (Å²) in [6.45, 7) is 1.91. The summed E-state index contributed by atoms with van der Waals surface area (Å²) in [6.07, 6.45) is -0.641. The molecule has 0 spiro atoms. The quantitative estimate of drug-likeness (QED) is 0.670. The van der Waals surface area contributed by atoms with E-state index in [1.807, 2.05) is 18.2 Å². The minimum atomic E-state index is -3.84. The summed E-state index contributed by atoms with van der Waals surface area (Å²) in [5, 5.41) is 3.32. The molecule has 1 fully saturated rings. The maximum atomic E-state index is 13.6. The predicted molar refractivity (Wildman–Crippen MR) is 114 cm³/mol. The molecule has 1 N–H and O–H groups in total. The molecule has 31 heavy (non-hydrogen) atoms. The lowest BCUT2D eigenvalue weighted by Gasteiger charge is -2.32. The molecule has 0 aliphatic carbocycles. The molecule has 0 saturated carbocycles. The topological polar surface area (TPSA) is 88.6 Å². The van der Waals surface area contributed by atoms with Gasteiger partial charge in [0.15, 0.2) is 0 Å². The summed E-state index contributed by atoms with van der Waals surface area (Å²) in [7, 11) is -2.29. The van der Waals surface area contributed by atoms with Crippen molar-refractivity contribution in [3.8, 4) is 0 Å². The number of hydrogen-bond donors (Lipinski definition) is 1. The third kappa shape index (κ3) is 4.04. The van der Waals surface area contributed by atoms with Crippen molar-refractivity contribution in [3.63, 3.8) is 0 Å². The number of halogens is 1. The lowest BCUT2D eigenvalue weighted by Crippen LogP contribution is -2.42. The van der Waals surface area contributed by atoms with Gasteiger partial charge in [-0.05, 0) is 42.8 Å². The van der Waals surface area contributed by atoms with Gasteiger partial charge >= 0.3 is 0 Å². The van der Waals surface area contributed by atoms with E-state index in [1.54, 1.807) is 19.2 Å². The van der Waals surface area contributed by atoms with Crippen molar-refractivity contribution < 1.29 is 22.3 Å². The van der Waals surface area contributed by atoms with Crippen LogP contribution in [-0.4, -0.2) is 50.4 Å². The molecule has 162 valence electrons. The highest BCUT2D eigenvalue weighted by Crippen LogP contribution is 2.29. The molecule has 1 aromatic heterocycles. The second-order valence-corrected chi connectivity index (χ2v) is 9.26. The summed E-state index contributed by atoms with van der Waals surface area (Å²) >= 11 is 0. The number of morpholine rings is 1. The fourth-order valence-corrected chi connectivity index (χ4v) is 5.14. The zero-order valence-corrected chi connectivity index (χ0v) is 17.9. The van der Waals surface area contributed by atoms with Crippen LogP contribution in [0, 0.1) is 12.7 Å². The van der Waals surface area contributed by atoms with Crippen LogP contribution in [0.1, 0.15) is 27.7 Å². The van der Waals surface area contributed by atoms with Crippen molar-refractivity contribution in [1.29, 1.82) is 0 Å². The van der Waals surface area contributed by atoms with Crippen LogP contribution >= 0.6 is 0 Å². The Morgan fingerprint density at radius 2 is 2.00 bits per heavy atom. The van der Waals surface area contributed by atoms with E-state index in [0.29, 0.717) is 22.2 Å². The number of aryl methyl sites for hydroxylation is 1. The van der Waals surface area contributed by atoms with E-state index in [2.05, 4.69) is 10.3 Å². The molecule has 1 aliphatic heterocycles. The lowest BCUT2D eigenvalue weighted by molar-refractivity contribution is -0.00479. The normalized spacial score (nSPS) is 17.6. The minimum absolute atomic E-state index is 0.0320. The summed E-state index contributed by atoms with van der Waals surface area (Å²) in [6, 6.07) is 12.6. The summed E-state index contributed by atoms with van der Waals surface area (Å²) in [4.78, 5) is 17.1. The molecule has 1 saturated heterocycles. The molecule has 1 atom stereocenters. The van der Waals surface area contributed by atoms with Crippen LogP contribution in [-0.2, 0) is 14.8 Å². The fourth-order valence-electron chi connectivity index (χ4n) is 3.63. The Morgan fingerprint density at radius 3 is 2.74 bits per heavy atom. The van der Waals surface area contributed by atoms with E-state index in [-0.39, 0.29) is 36.1 Å². The van der Waals surface area contributed by atoms with E-state index >= 15 is 0 Å². The first-order chi connectivity index (χ1) is 14.8. The highest BCUT2D eigenvalue weighted by atomic mass is 32.2. The van der Waals surface area contributed by atoms with E-state index < -0.39 is 21.9 Å². The van der Waals surface area contributed by atoms with Crippen molar-refractivity contribution in [2.75, 3.05) is 26.7 Å². The van der Waals surface area contributed by atoms with Gasteiger partial charge in [-0.1, -0.05) is 18.2 Å². The van der Waals surface area contributed by atoms with Crippen molar-refractivity contribution in [1.82, 2.24) is 14.6 Å². The third-order valence-corrected chi connectivity index (χ3v) is 7.20. The standard InChI is InChI=1S/C22H22FN3O4S/c1-14-11-15(7-8-18(14)23)31(28,29)26-9-10-30-21(13-26)20-12-17(22(27)24-2)16-5-3-4-6-19(16)25-20/h3-8,11-12,21H,9-10,13H2,1-2H3,(H,24,27). The van der Waals surface area contributed by atoms with Gasteiger partial charge in [-0.15, -0.1) is 0 Å². The van der Waals surface area contributed by atoms with E-state index in [1.165, 1.54) is 23.4 Å². The van der Waals surface area contributed by atoms with Crippen LogP contribution in [0.25, 0.3) is 10.9 Å². The van der Waals surface area contributed by atoms with Gasteiger partial charge in [-0.2, -0.15) is 4.31 Å². The Kier molecular flexibility index (Phi) is 5.74. The summed E-state index contributed by atoms with van der Waals surface area (Å²) in [5.41, 5.74) is 1.81. The average molecular weight is 444 g/mol. The van der Waals surface area contributed by atoms with Gasteiger partial charge < -0.3 is 10.1 Å². The number of fused-ring (bicyclic) bond motifs is 1.